The van der Waals surface area contributed by atoms with Crippen molar-refractivity contribution in [2.75, 3.05) is 0 Å². The second-order valence-electron chi connectivity index (χ2n) is 3.76. The zero-order valence-electron chi connectivity index (χ0n) is 10.4. The zero-order chi connectivity index (χ0) is 12.5. The Morgan fingerprint density at radius 1 is 0.882 bits per heavy atom. The van der Waals surface area contributed by atoms with Gasteiger partial charge in [-0.05, 0) is 18.9 Å². The van der Waals surface area contributed by atoms with Gasteiger partial charge in [0.25, 0.3) is 0 Å². The molecule has 0 aliphatic heterocycles. The van der Waals surface area contributed by atoms with E-state index in [2.05, 4.69) is 31.2 Å². The maximum absolute atomic E-state index is 10.6. The zero-order valence-corrected chi connectivity index (χ0v) is 10.4. The van der Waals surface area contributed by atoms with E-state index in [9.17, 15) is 4.79 Å². The van der Waals surface area contributed by atoms with Gasteiger partial charge in [-0.2, -0.15) is 0 Å². The normalized spacial score (nSPS) is 9.06. The summed E-state index contributed by atoms with van der Waals surface area (Å²) in [5.41, 5.74) is 2.19. The van der Waals surface area contributed by atoms with Crippen molar-refractivity contribution in [3.8, 4) is 0 Å². The summed E-state index contributed by atoms with van der Waals surface area (Å²) in [7, 11) is 0. The molecule has 0 radical (unpaired) electrons. The van der Waals surface area contributed by atoms with E-state index in [-0.39, 0.29) is 5.78 Å². The number of ketones is 1. The molecular weight excluding hydrogens is 208 g/mol. The first-order valence-electron chi connectivity index (χ1n) is 5.84. The van der Waals surface area contributed by atoms with Crippen molar-refractivity contribution in [1.29, 1.82) is 0 Å². The third kappa shape index (κ3) is 5.12. The van der Waals surface area contributed by atoms with Gasteiger partial charge in [0, 0.05) is 5.56 Å². The predicted molar refractivity (Wildman–Crippen MR) is 72.3 cm³/mol. The highest BCUT2D eigenvalue weighted by molar-refractivity contribution is 5.93. The second kappa shape index (κ2) is 7.39. The first-order chi connectivity index (χ1) is 8.24. The van der Waals surface area contributed by atoms with Crippen LogP contribution in [0.4, 0.5) is 0 Å². The Balaban J connectivity index is 0.000000171. The largest absolute Gasteiger partial charge is 0.295 e. The highest BCUT2D eigenvalue weighted by Gasteiger charge is 1.92. The molecule has 1 nitrogen and oxygen atoms in total. The molecule has 0 spiro atoms. The van der Waals surface area contributed by atoms with Gasteiger partial charge in [-0.25, -0.2) is 0 Å². The van der Waals surface area contributed by atoms with Crippen LogP contribution in [-0.4, -0.2) is 5.78 Å². The van der Waals surface area contributed by atoms with Crippen molar-refractivity contribution in [3.63, 3.8) is 0 Å². The lowest BCUT2D eigenvalue weighted by atomic mass is 10.2. The molecule has 0 N–H and O–H groups in total. The Labute approximate surface area is 103 Å². The van der Waals surface area contributed by atoms with Gasteiger partial charge in [-0.3, -0.25) is 4.79 Å². The third-order valence-corrected chi connectivity index (χ3v) is 2.43. The smallest absolute Gasteiger partial charge is 0.159 e. The van der Waals surface area contributed by atoms with E-state index in [1.807, 2.05) is 36.4 Å². The summed E-state index contributed by atoms with van der Waals surface area (Å²) >= 11 is 0. The molecule has 0 saturated carbocycles. The van der Waals surface area contributed by atoms with Gasteiger partial charge in [-0.15, -0.1) is 0 Å². The van der Waals surface area contributed by atoms with Crippen molar-refractivity contribution in [3.05, 3.63) is 71.8 Å². The average Bonchev–Trinajstić information content (AvgIpc) is 2.41. The first kappa shape index (κ1) is 13.2. The summed E-state index contributed by atoms with van der Waals surface area (Å²) in [5, 5.41) is 0. The van der Waals surface area contributed by atoms with Crippen LogP contribution in [0.3, 0.4) is 0 Å². The molecule has 0 heterocycles. The maximum atomic E-state index is 10.6. The molecule has 0 unspecified atom stereocenters. The lowest BCUT2D eigenvalue weighted by molar-refractivity contribution is 0.101. The van der Waals surface area contributed by atoms with Crippen LogP contribution in [0.25, 0.3) is 0 Å². The molecule has 1 heteroatoms. The SMILES string of the molecule is CC(=O)c1ccccc1.CCc1ccccc1. The molecule has 0 aromatic heterocycles. The van der Waals surface area contributed by atoms with Gasteiger partial charge in [0.1, 0.15) is 0 Å². The van der Waals surface area contributed by atoms with Gasteiger partial charge < -0.3 is 0 Å². The second-order valence-corrected chi connectivity index (χ2v) is 3.76. The molecule has 0 atom stereocenters. The molecule has 2 aromatic rings. The van der Waals surface area contributed by atoms with Crippen LogP contribution >= 0.6 is 0 Å². The quantitative estimate of drug-likeness (QED) is 0.703. The molecule has 2 aromatic carbocycles. The van der Waals surface area contributed by atoms with E-state index in [1.54, 1.807) is 6.92 Å². The number of carbonyl (C=O) groups excluding carboxylic acids is 1. The standard InChI is InChI=1S/C8H8O.C8H10/c1-7(9)8-5-3-2-4-6-8;1-2-8-6-4-3-5-7-8/h2-6H,1H3;3-7H,2H2,1H3. The summed E-state index contributed by atoms with van der Waals surface area (Å²) in [6.45, 7) is 3.73. The number of rotatable bonds is 2. The summed E-state index contributed by atoms with van der Waals surface area (Å²) in [6.07, 6.45) is 1.14. The molecule has 0 fully saturated rings. The third-order valence-electron chi connectivity index (χ3n) is 2.43. The maximum Gasteiger partial charge on any atom is 0.159 e. The van der Waals surface area contributed by atoms with Gasteiger partial charge >= 0.3 is 0 Å². The highest BCUT2D eigenvalue weighted by Crippen LogP contribution is 1.97. The van der Waals surface area contributed by atoms with Gasteiger partial charge in [-0.1, -0.05) is 67.6 Å². The van der Waals surface area contributed by atoms with Crippen molar-refractivity contribution in [2.24, 2.45) is 0 Å². The molecule has 0 aliphatic rings. The summed E-state index contributed by atoms with van der Waals surface area (Å²) in [6, 6.07) is 19.7. The Kier molecular flexibility index (Phi) is 5.73. The molecular formula is C16H18O. The number of aryl methyl sites for hydroxylation is 1. The van der Waals surface area contributed by atoms with Gasteiger partial charge in [0.2, 0.25) is 0 Å². The van der Waals surface area contributed by atoms with Crippen LogP contribution in [-0.2, 0) is 6.42 Å². The number of carbonyl (C=O) groups is 1. The van der Waals surface area contributed by atoms with Gasteiger partial charge in [0.15, 0.2) is 5.78 Å². The molecule has 0 amide bonds. The minimum atomic E-state index is 0.121. The molecule has 0 aliphatic carbocycles. The molecule has 0 bridgehead atoms. The van der Waals surface area contributed by atoms with Crippen molar-refractivity contribution < 1.29 is 4.79 Å². The topological polar surface area (TPSA) is 17.1 Å². The van der Waals surface area contributed by atoms with Crippen LogP contribution < -0.4 is 0 Å². The molecule has 17 heavy (non-hydrogen) atoms. The summed E-state index contributed by atoms with van der Waals surface area (Å²) in [4.78, 5) is 10.6. The minimum absolute atomic E-state index is 0.121. The summed E-state index contributed by atoms with van der Waals surface area (Å²) < 4.78 is 0. The van der Waals surface area contributed by atoms with Crippen molar-refractivity contribution in [1.82, 2.24) is 0 Å². The first-order valence-corrected chi connectivity index (χ1v) is 5.84. The fourth-order valence-electron chi connectivity index (χ4n) is 1.39. The summed E-state index contributed by atoms with van der Waals surface area (Å²) in [5.74, 6) is 0.121. The number of Topliss-reactive ketones (excluding diaryl/α,β-unsaturated/α-hetero) is 1. The fourth-order valence-corrected chi connectivity index (χ4v) is 1.39. The van der Waals surface area contributed by atoms with Crippen molar-refractivity contribution in [2.45, 2.75) is 20.3 Å². The van der Waals surface area contributed by atoms with Crippen LogP contribution in [0.5, 0.6) is 0 Å². The van der Waals surface area contributed by atoms with Crippen molar-refractivity contribution >= 4 is 5.78 Å². The Bertz CT molecular complexity index is 432. The lowest BCUT2D eigenvalue weighted by Gasteiger charge is -1.89. The predicted octanol–water partition coefficient (Wildman–Crippen LogP) is 4.14. The van der Waals surface area contributed by atoms with E-state index in [0.29, 0.717) is 0 Å². The number of benzene rings is 2. The Hall–Kier alpha value is -1.89. The average molecular weight is 226 g/mol. The molecule has 0 saturated heterocycles. The van der Waals surface area contributed by atoms with Gasteiger partial charge in [0.05, 0.1) is 0 Å². The van der Waals surface area contributed by atoms with Crippen LogP contribution in [0.2, 0.25) is 0 Å². The Morgan fingerprint density at radius 3 is 1.65 bits per heavy atom. The highest BCUT2D eigenvalue weighted by atomic mass is 16.1. The van der Waals surface area contributed by atoms with E-state index in [1.165, 1.54) is 5.56 Å². The lowest BCUT2D eigenvalue weighted by Crippen LogP contribution is -1.88. The Morgan fingerprint density at radius 2 is 1.35 bits per heavy atom. The minimum Gasteiger partial charge on any atom is -0.295 e. The van der Waals surface area contributed by atoms with E-state index in [4.69, 9.17) is 0 Å². The molecule has 88 valence electrons. The monoisotopic (exact) mass is 226 g/mol. The van der Waals surface area contributed by atoms with Crippen LogP contribution in [0.15, 0.2) is 60.7 Å². The molecule has 2 rings (SSSR count). The number of hydrogen-bond acceptors (Lipinski definition) is 1. The van der Waals surface area contributed by atoms with E-state index < -0.39 is 0 Å². The van der Waals surface area contributed by atoms with E-state index >= 15 is 0 Å². The number of hydrogen-bond donors (Lipinski definition) is 0. The van der Waals surface area contributed by atoms with Crippen LogP contribution in [0.1, 0.15) is 29.8 Å². The van der Waals surface area contributed by atoms with Crippen LogP contribution in [0, 0.1) is 0 Å². The van der Waals surface area contributed by atoms with E-state index in [0.717, 1.165) is 12.0 Å². The fraction of sp³-hybridized carbons (Fsp3) is 0.188.